The van der Waals surface area contributed by atoms with Crippen LogP contribution in [0.1, 0.15) is 103 Å². The summed E-state index contributed by atoms with van der Waals surface area (Å²) in [6, 6.07) is 1.85. The lowest BCUT2D eigenvalue weighted by atomic mass is 9.68. The van der Waals surface area contributed by atoms with E-state index in [9.17, 15) is 9.59 Å². The fourth-order valence-corrected chi connectivity index (χ4v) is 4.91. The van der Waals surface area contributed by atoms with Crippen molar-refractivity contribution >= 4 is 11.9 Å². The molecule has 0 spiro atoms. The third-order valence-corrected chi connectivity index (χ3v) is 6.59. The lowest BCUT2D eigenvalue weighted by molar-refractivity contribution is -0.143. The van der Waals surface area contributed by atoms with Crippen molar-refractivity contribution in [1.29, 1.82) is 0 Å². The lowest BCUT2D eigenvalue weighted by Gasteiger charge is -2.33. The minimum atomic E-state index is -0.390. The van der Waals surface area contributed by atoms with E-state index in [0.29, 0.717) is 12.0 Å². The van der Waals surface area contributed by atoms with Crippen LogP contribution in [-0.2, 0) is 19.1 Å². The van der Waals surface area contributed by atoms with Gasteiger partial charge in [-0.15, -0.1) is 0 Å². The van der Waals surface area contributed by atoms with Crippen molar-refractivity contribution in [2.75, 3.05) is 6.61 Å². The van der Waals surface area contributed by atoms with Gasteiger partial charge in [-0.3, -0.25) is 4.79 Å². The third kappa shape index (κ3) is 5.35. The highest BCUT2D eigenvalue weighted by molar-refractivity contribution is 5.94. The van der Waals surface area contributed by atoms with Crippen LogP contribution in [0.5, 0.6) is 0 Å². The molecule has 1 aliphatic heterocycles. The molecule has 1 aliphatic carbocycles. The molecule has 0 radical (unpaired) electrons. The fraction of sp³-hybridized carbons (Fsp3) is 0.680. The molecular weight excluding hydrogens is 380 g/mol. The number of ether oxygens (including phenoxy) is 2. The van der Waals surface area contributed by atoms with Gasteiger partial charge >= 0.3 is 11.9 Å². The van der Waals surface area contributed by atoms with E-state index in [2.05, 4.69) is 13.8 Å². The van der Waals surface area contributed by atoms with Gasteiger partial charge in [-0.05, 0) is 37.3 Å². The lowest BCUT2D eigenvalue weighted by Crippen LogP contribution is -2.28. The Balaban J connectivity index is 1.47. The Bertz CT molecular complexity index is 733. The molecule has 1 saturated heterocycles. The Morgan fingerprint density at radius 2 is 1.90 bits per heavy atom. The standard InChI is InChI=1S/C25H36O5/c1-3-4-5-6-7-8-9-10-13-21(26)29-18-19-12-11-15-25(2)22(19)24(27)30-23(25)20-14-16-28-17-20/h14,16-17,23H,3-13,15,18H2,1-2H3/t23-,25+/m0/s1. The number of esters is 2. The van der Waals surface area contributed by atoms with Crippen molar-refractivity contribution in [3.05, 3.63) is 35.3 Å². The highest BCUT2D eigenvalue weighted by Crippen LogP contribution is 2.55. The predicted molar refractivity (Wildman–Crippen MR) is 115 cm³/mol. The zero-order chi connectivity index (χ0) is 21.4. The second-order valence-electron chi connectivity index (χ2n) is 8.98. The number of hydrogen-bond donors (Lipinski definition) is 0. The van der Waals surface area contributed by atoms with E-state index in [1.54, 1.807) is 12.5 Å². The van der Waals surface area contributed by atoms with Crippen LogP contribution in [0.3, 0.4) is 0 Å². The SMILES string of the molecule is CCCCCCCCCCC(=O)OCC1=C2C(=O)O[C@@H](c3ccoc3)[C@]2(C)CCC1. The topological polar surface area (TPSA) is 65.7 Å². The van der Waals surface area contributed by atoms with E-state index in [1.807, 2.05) is 6.07 Å². The van der Waals surface area contributed by atoms with Crippen LogP contribution >= 0.6 is 0 Å². The summed E-state index contributed by atoms with van der Waals surface area (Å²) in [6.07, 6.45) is 15.6. The monoisotopic (exact) mass is 416 g/mol. The van der Waals surface area contributed by atoms with Crippen LogP contribution in [0.15, 0.2) is 34.2 Å². The maximum absolute atomic E-state index is 12.7. The highest BCUT2D eigenvalue weighted by atomic mass is 16.6. The van der Waals surface area contributed by atoms with Gasteiger partial charge in [0.05, 0.1) is 12.5 Å². The van der Waals surface area contributed by atoms with Crippen LogP contribution in [0.25, 0.3) is 0 Å². The van der Waals surface area contributed by atoms with Gasteiger partial charge in [0.1, 0.15) is 12.7 Å². The molecule has 5 nitrogen and oxygen atoms in total. The second kappa shape index (κ2) is 10.8. The Hall–Kier alpha value is -2.04. The van der Waals surface area contributed by atoms with Gasteiger partial charge in [0, 0.05) is 23.0 Å². The molecule has 2 aliphatic rings. The van der Waals surface area contributed by atoms with E-state index < -0.39 is 5.41 Å². The van der Waals surface area contributed by atoms with Crippen LogP contribution in [0.2, 0.25) is 0 Å². The molecule has 0 unspecified atom stereocenters. The van der Waals surface area contributed by atoms with E-state index in [1.165, 1.54) is 38.5 Å². The largest absolute Gasteiger partial charge is 0.472 e. The minimum Gasteiger partial charge on any atom is -0.472 e. The smallest absolute Gasteiger partial charge is 0.335 e. The quantitative estimate of drug-likeness (QED) is 0.290. The summed E-state index contributed by atoms with van der Waals surface area (Å²) in [4.78, 5) is 24.9. The maximum Gasteiger partial charge on any atom is 0.335 e. The number of cyclic esters (lactones) is 1. The Labute approximate surface area is 180 Å². The van der Waals surface area contributed by atoms with E-state index in [-0.39, 0.29) is 24.6 Å². The Morgan fingerprint density at radius 1 is 1.17 bits per heavy atom. The molecule has 2 heterocycles. The number of fused-ring (bicyclic) bond motifs is 1. The maximum atomic E-state index is 12.7. The summed E-state index contributed by atoms with van der Waals surface area (Å²) in [7, 11) is 0. The molecule has 2 atom stereocenters. The molecule has 1 aromatic heterocycles. The third-order valence-electron chi connectivity index (χ3n) is 6.59. The van der Waals surface area contributed by atoms with Crippen molar-refractivity contribution in [3.8, 4) is 0 Å². The zero-order valence-corrected chi connectivity index (χ0v) is 18.5. The molecule has 0 saturated carbocycles. The molecule has 0 bridgehead atoms. The molecule has 0 N–H and O–H groups in total. The number of hydrogen-bond acceptors (Lipinski definition) is 5. The van der Waals surface area contributed by atoms with Gasteiger partial charge in [-0.1, -0.05) is 58.8 Å². The van der Waals surface area contributed by atoms with Gasteiger partial charge < -0.3 is 13.9 Å². The first-order valence-electron chi connectivity index (χ1n) is 11.7. The van der Waals surface area contributed by atoms with Gasteiger partial charge in [0.25, 0.3) is 0 Å². The summed E-state index contributed by atoms with van der Waals surface area (Å²) in [5, 5.41) is 0. The first-order valence-corrected chi connectivity index (χ1v) is 11.7. The van der Waals surface area contributed by atoms with E-state index in [4.69, 9.17) is 13.9 Å². The van der Waals surface area contributed by atoms with Gasteiger partial charge in [0.2, 0.25) is 0 Å². The van der Waals surface area contributed by atoms with Crippen LogP contribution < -0.4 is 0 Å². The van der Waals surface area contributed by atoms with Crippen molar-refractivity contribution < 1.29 is 23.5 Å². The summed E-state index contributed by atoms with van der Waals surface area (Å²) in [5.41, 5.74) is 2.12. The molecule has 0 amide bonds. The molecule has 1 aromatic rings. The summed E-state index contributed by atoms with van der Waals surface area (Å²) >= 11 is 0. The van der Waals surface area contributed by atoms with E-state index >= 15 is 0 Å². The predicted octanol–water partition coefficient (Wildman–Crippen LogP) is 6.44. The molecule has 30 heavy (non-hydrogen) atoms. The Morgan fingerprint density at radius 3 is 2.60 bits per heavy atom. The second-order valence-corrected chi connectivity index (χ2v) is 8.98. The molecular formula is C25H36O5. The normalized spacial score (nSPS) is 23.4. The Kier molecular flexibility index (Phi) is 8.17. The molecule has 0 aromatic carbocycles. The molecule has 5 heteroatoms. The average molecular weight is 417 g/mol. The van der Waals surface area contributed by atoms with Crippen LogP contribution in [0.4, 0.5) is 0 Å². The number of carbonyl (C=O) groups is 2. The van der Waals surface area contributed by atoms with Crippen molar-refractivity contribution in [1.82, 2.24) is 0 Å². The first-order chi connectivity index (χ1) is 14.6. The van der Waals surface area contributed by atoms with Crippen molar-refractivity contribution in [3.63, 3.8) is 0 Å². The molecule has 166 valence electrons. The first kappa shape index (κ1) is 22.6. The van der Waals surface area contributed by atoms with Crippen molar-refractivity contribution in [2.24, 2.45) is 5.41 Å². The number of carbonyl (C=O) groups excluding carboxylic acids is 2. The number of furan rings is 1. The zero-order valence-electron chi connectivity index (χ0n) is 18.5. The van der Waals surface area contributed by atoms with Gasteiger partial charge in [-0.2, -0.15) is 0 Å². The number of unbranched alkanes of at least 4 members (excludes halogenated alkanes) is 7. The molecule has 3 rings (SSSR count). The van der Waals surface area contributed by atoms with E-state index in [0.717, 1.165) is 43.2 Å². The molecule has 1 fully saturated rings. The van der Waals surface area contributed by atoms with Gasteiger partial charge in [-0.25, -0.2) is 4.79 Å². The van der Waals surface area contributed by atoms with Crippen LogP contribution in [0, 0.1) is 5.41 Å². The average Bonchev–Trinajstić information content (AvgIpc) is 3.34. The fourth-order valence-electron chi connectivity index (χ4n) is 4.91. The minimum absolute atomic E-state index is 0.167. The summed E-state index contributed by atoms with van der Waals surface area (Å²) in [6.45, 7) is 4.50. The highest BCUT2D eigenvalue weighted by Gasteiger charge is 2.53. The summed E-state index contributed by atoms with van der Waals surface area (Å²) in [5.74, 6) is -0.448. The summed E-state index contributed by atoms with van der Waals surface area (Å²) < 4.78 is 16.5. The van der Waals surface area contributed by atoms with Crippen LogP contribution in [-0.4, -0.2) is 18.5 Å². The van der Waals surface area contributed by atoms with Crippen molar-refractivity contribution in [2.45, 2.75) is 97.0 Å². The van der Waals surface area contributed by atoms with Gasteiger partial charge in [0.15, 0.2) is 0 Å². The number of rotatable bonds is 12.